The molecule has 0 saturated heterocycles. The quantitative estimate of drug-likeness (QED) is 0.758. The van der Waals surface area contributed by atoms with E-state index < -0.39 is 0 Å². The first kappa shape index (κ1) is 16.1. The molecule has 0 radical (unpaired) electrons. The summed E-state index contributed by atoms with van der Waals surface area (Å²) in [5.74, 6) is 1.90. The van der Waals surface area contributed by atoms with Gasteiger partial charge in [0.25, 0.3) is 5.91 Å². The largest absolute Gasteiger partial charge is 0.493 e. The fourth-order valence-corrected chi connectivity index (χ4v) is 2.89. The highest BCUT2D eigenvalue weighted by Crippen LogP contribution is 2.33. The van der Waals surface area contributed by atoms with Crippen molar-refractivity contribution in [2.24, 2.45) is 0 Å². The highest BCUT2D eigenvalue weighted by Gasteiger charge is 2.14. The van der Waals surface area contributed by atoms with E-state index in [1.54, 1.807) is 33.3 Å². The van der Waals surface area contributed by atoms with Crippen molar-refractivity contribution in [2.75, 3.05) is 19.5 Å². The van der Waals surface area contributed by atoms with Gasteiger partial charge in [-0.25, -0.2) is 4.98 Å². The van der Waals surface area contributed by atoms with Crippen LogP contribution in [0.2, 0.25) is 0 Å². The molecule has 0 aliphatic carbocycles. The second kappa shape index (κ2) is 6.76. The van der Waals surface area contributed by atoms with Crippen LogP contribution >= 0.6 is 11.3 Å². The van der Waals surface area contributed by atoms with Crippen molar-refractivity contribution in [3.8, 4) is 22.8 Å². The van der Waals surface area contributed by atoms with Gasteiger partial charge in [-0.05, 0) is 37.3 Å². The Morgan fingerprint density at radius 2 is 1.96 bits per heavy atom. The van der Waals surface area contributed by atoms with Gasteiger partial charge in [0.2, 0.25) is 0 Å². The number of benzene rings is 1. The lowest BCUT2D eigenvalue weighted by molar-refractivity contribution is 0.0995. The average Bonchev–Trinajstić information content (AvgIpc) is 3.23. The minimum absolute atomic E-state index is 0.260. The first-order chi connectivity index (χ1) is 11.6. The Labute approximate surface area is 143 Å². The Hall–Kier alpha value is -2.80. The topological polar surface area (TPSA) is 73.6 Å². The molecule has 0 fully saturated rings. The van der Waals surface area contributed by atoms with Gasteiger partial charge >= 0.3 is 0 Å². The van der Waals surface area contributed by atoms with Crippen LogP contribution in [0.4, 0.5) is 5.13 Å². The number of nitrogens with zero attached hydrogens (tertiary/aromatic N) is 1. The lowest BCUT2D eigenvalue weighted by atomic mass is 10.1. The van der Waals surface area contributed by atoms with Crippen LogP contribution in [-0.4, -0.2) is 25.1 Å². The number of anilines is 1. The van der Waals surface area contributed by atoms with Crippen molar-refractivity contribution >= 4 is 22.4 Å². The maximum Gasteiger partial charge on any atom is 0.293 e. The van der Waals surface area contributed by atoms with Crippen LogP contribution in [0, 0.1) is 6.92 Å². The lowest BCUT2D eigenvalue weighted by Gasteiger charge is -2.08. The van der Waals surface area contributed by atoms with Crippen molar-refractivity contribution in [3.63, 3.8) is 0 Å². The van der Waals surface area contributed by atoms with Gasteiger partial charge in [0.05, 0.1) is 19.9 Å². The maximum absolute atomic E-state index is 12.1. The van der Waals surface area contributed by atoms with Crippen molar-refractivity contribution in [2.45, 2.75) is 6.92 Å². The van der Waals surface area contributed by atoms with E-state index in [1.165, 1.54) is 11.3 Å². The summed E-state index contributed by atoms with van der Waals surface area (Å²) in [4.78, 5) is 16.5. The molecule has 1 amide bonds. The van der Waals surface area contributed by atoms with Gasteiger partial charge in [0.15, 0.2) is 22.4 Å². The minimum Gasteiger partial charge on any atom is -0.493 e. The molecule has 0 bridgehead atoms. The molecule has 2 aromatic heterocycles. The number of aryl methyl sites for hydroxylation is 1. The Morgan fingerprint density at radius 3 is 2.62 bits per heavy atom. The summed E-state index contributed by atoms with van der Waals surface area (Å²) in [6.45, 7) is 1.79. The molecule has 24 heavy (non-hydrogen) atoms. The summed E-state index contributed by atoms with van der Waals surface area (Å²) >= 11 is 1.34. The van der Waals surface area contributed by atoms with Crippen molar-refractivity contribution < 1.29 is 18.7 Å². The van der Waals surface area contributed by atoms with E-state index in [0.29, 0.717) is 22.4 Å². The molecule has 0 aliphatic heterocycles. The number of carbonyl (C=O) groups excluding carboxylic acids is 1. The number of hydrogen-bond acceptors (Lipinski definition) is 6. The highest BCUT2D eigenvalue weighted by molar-refractivity contribution is 7.14. The van der Waals surface area contributed by atoms with Crippen molar-refractivity contribution in [1.82, 2.24) is 4.98 Å². The van der Waals surface area contributed by atoms with Gasteiger partial charge in [0.1, 0.15) is 5.76 Å². The smallest absolute Gasteiger partial charge is 0.293 e. The Bertz CT molecular complexity index is 869. The number of rotatable bonds is 5. The molecule has 2 heterocycles. The molecule has 3 aromatic rings. The molecule has 1 N–H and O–H groups in total. The number of amides is 1. The number of carbonyl (C=O) groups is 1. The van der Waals surface area contributed by atoms with Crippen LogP contribution in [0.1, 0.15) is 16.3 Å². The Kier molecular flexibility index (Phi) is 4.52. The van der Waals surface area contributed by atoms with E-state index in [0.717, 1.165) is 11.3 Å². The number of thiazole rings is 1. The fourth-order valence-electron chi connectivity index (χ4n) is 2.17. The fraction of sp³-hybridized carbons (Fsp3) is 0.176. The number of hydrogen-bond donors (Lipinski definition) is 1. The van der Waals surface area contributed by atoms with E-state index in [4.69, 9.17) is 13.9 Å². The summed E-state index contributed by atoms with van der Waals surface area (Å²) in [6, 6.07) is 8.92. The SMILES string of the molecule is COc1ccc(-c2csc(NC(=O)c3ccc(C)o3)n2)cc1OC. The summed E-state index contributed by atoms with van der Waals surface area (Å²) in [7, 11) is 3.17. The predicted octanol–water partition coefficient (Wildman–Crippen LogP) is 3.98. The number of aromatic nitrogens is 1. The first-order valence-corrected chi connectivity index (χ1v) is 8.04. The van der Waals surface area contributed by atoms with Gasteiger partial charge in [-0.2, -0.15) is 0 Å². The molecule has 124 valence electrons. The standard InChI is InChI=1S/C17H16N2O4S/c1-10-4-6-14(23-10)16(20)19-17-18-12(9-24-17)11-5-7-13(21-2)15(8-11)22-3/h4-9H,1-3H3,(H,18,19,20). The number of furan rings is 1. The van der Waals surface area contributed by atoms with Crippen LogP contribution in [-0.2, 0) is 0 Å². The van der Waals surface area contributed by atoms with Crippen molar-refractivity contribution in [1.29, 1.82) is 0 Å². The maximum atomic E-state index is 12.1. The average molecular weight is 344 g/mol. The first-order valence-electron chi connectivity index (χ1n) is 7.16. The predicted molar refractivity (Wildman–Crippen MR) is 92.1 cm³/mol. The molecule has 1 aromatic carbocycles. The summed E-state index contributed by atoms with van der Waals surface area (Å²) < 4.78 is 15.8. The zero-order valence-corrected chi connectivity index (χ0v) is 14.3. The van der Waals surface area contributed by atoms with Gasteiger partial charge in [-0.3, -0.25) is 10.1 Å². The third-order valence-corrected chi connectivity index (χ3v) is 4.13. The molecule has 0 aliphatic rings. The third kappa shape index (κ3) is 3.26. The molecule has 0 unspecified atom stereocenters. The van der Waals surface area contributed by atoms with E-state index >= 15 is 0 Å². The molecule has 7 heteroatoms. The van der Waals surface area contributed by atoms with Gasteiger partial charge in [-0.1, -0.05) is 0 Å². The molecule has 3 rings (SSSR count). The van der Waals surface area contributed by atoms with E-state index in [9.17, 15) is 4.79 Å². The minimum atomic E-state index is -0.323. The van der Waals surface area contributed by atoms with Crippen LogP contribution in [0.3, 0.4) is 0 Å². The second-order valence-corrected chi connectivity index (χ2v) is 5.83. The van der Waals surface area contributed by atoms with Crippen LogP contribution < -0.4 is 14.8 Å². The lowest BCUT2D eigenvalue weighted by Crippen LogP contribution is -2.10. The normalized spacial score (nSPS) is 10.5. The molecule has 0 atom stereocenters. The zero-order chi connectivity index (χ0) is 17.1. The van der Waals surface area contributed by atoms with Gasteiger partial charge < -0.3 is 13.9 Å². The van der Waals surface area contributed by atoms with E-state index in [-0.39, 0.29) is 11.7 Å². The van der Waals surface area contributed by atoms with E-state index in [1.807, 2.05) is 23.6 Å². The van der Waals surface area contributed by atoms with Crippen LogP contribution in [0.25, 0.3) is 11.3 Å². The zero-order valence-electron chi connectivity index (χ0n) is 13.5. The summed E-state index contributed by atoms with van der Waals surface area (Å²) in [6.07, 6.45) is 0. The van der Waals surface area contributed by atoms with Gasteiger partial charge in [0, 0.05) is 10.9 Å². The highest BCUT2D eigenvalue weighted by atomic mass is 32.1. The number of ether oxygens (including phenoxy) is 2. The second-order valence-electron chi connectivity index (χ2n) is 4.97. The molecular weight excluding hydrogens is 328 g/mol. The molecule has 0 spiro atoms. The van der Waals surface area contributed by atoms with Crippen LogP contribution in [0.5, 0.6) is 11.5 Å². The van der Waals surface area contributed by atoms with E-state index in [2.05, 4.69) is 10.3 Å². The third-order valence-electron chi connectivity index (χ3n) is 3.37. The number of nitrogens with one attached hydrogen (secondary N) is 1. The summed E-state index contributed by atoms with van der Waals surface area (Å²) in [5.41, 5.74) is 1.62. The Balaban J connectivity index is 1.79. The summed E-state index contributed by atoms with van der Waals surface area (Å²) in [5, 5.41) is 5.10. The molecule has 0 saturated carbocycles. The molecule has 6 nitrogen and oxygen atoms in total. The number of methoxy groups -OCH3 is 2. The van der Waals surface area contributed by atoms with Gasteiger partial charge in [-0.15, -0.1) is 11.3 Å². The van der Waals surface area contributed by atoms with Crippen molar-refractivity contribution in [3.05, 3.63) is 47.2 Å². The van der Waals surface area contributed by atoms with Crippen LogP contribution in [0.15, 0.2) is 40.1 Å². The monoisotopic (exact) mass is 344 g/mol. The molecular formula is C17H16N2O4S. The Morgan fingerprint density at radius 1 is 1.17 bits per heavy atom.